The van der Waals surface area contributed by atoms with Crippen molar-refractivity contribution in [2.24, 2.45) is 0 Å². The van der Waals surface area contributed by atoms with E-state index in [-0.39, 0.29) is 5.28 Å². The molecule has 108 valence electrons. The number of aromatic nitrogens is 2. The molecule has 3 rings (SSSR count). The fraction of sp³-hybridized carbons (Fsp3) is 0.200. The summed E-state index contributed by atoms with van der Waals surface area (Å²) < 4.78 is 0. The van der Waals surface area contributed by atoms with Crippen molar-refractivity contribution in [3.05, 3.63) is 40.5 Å². The third-order valence-electron chi connectivity index (χ3n) is 3.25. The van der Waals surface area contributed by atoms with Crippen LogP contribution in [0.2, 0.25) is 5.28 Å². The van der Waals surface area contributed by atoms with Crippen LogP contribution in [-0.4, -0.2) is 24.1 Å². The van der Waals surface area contributed by atoms with Gasteiger partial charge in [-0.1, -0.05) is 6.07 Å². The van der Waals surface area contributed by atoms with E-state index in [1.807, 2.05) is 31.6 Å². The maximum absolute atomic E-state index is 5.99. The minimum absolute atomic E-state index is 0.257. The molecule has 2 aromatic heterocycles. The monoisotopic (exact) mass is 318 g/mol. The highest BCUT2D eigenvalue weighted by Gasteiger charge is 2.09. The Hall–Kier alpha value is -1.85. The molecule has 0 atom stereocenters. The molecule has 0 aliphatic carbocycles. The predicted molar refractivity (Wildman–Crippen MR) is 91.2 cm³/mol. The molecule has 0 radical (unpaired) electrons. The topological polar surface area (TPSA) is 41.1 Å². The molecular weight excluding hydrogens is 304 g/mol. The number of fused-ring (bicyclic) bond motifs is 1. The van der Waals surface area contributed by atoms with Gasteiger partial charge < -0.3 is 10.2 Å². The van der Waals surface area contributed by atoms with Crippen LogP contribution in [0.1, 0.15) is 5.56 Å². The Bertz CT molecular complexity index is 797. The molecule has 0 spiro atoms. The molecule has 0 amide bonds. The van der Waals surface area contributed by atoms with Crippen molar-refractivity contribution in [1.29, 1.82) is 0 Å². The minimum Gasteiger partial charge on any atom is -0.377 e. The van der Waals surface area contributed by atoms with E-state index >= 15 is 0 Å². The molecule has 4 nitrogen and oxygen atoms in total. The number of halogens is 1. The van der Waals surface area contributed by atoms with Gasteiger partial charge in [-0.3, -0.25) is 0 Å². The van der Waals surface area contributed by atoms with Gasteiger partial charge in [0.25, 0.3) is 0 Å². The Balaban J connectivity index is 2.02. The Morgan fingerprint density at radius 3 is 2.76 bits per heavy atom. The number of anilines is 3. The van der Waals surface area contributed by atoms with Crippen LogP contribution in [0.3, 0.4) is 0 Å². The van der Waals surface area contributed by atoms with Gasteiger partial charge >= 0.3 is 0 Å². The van der Waals surface area contributed by atoms with E-state index in [0.717, 1.165) is 21.7 Å². The number of thiophene rings is 1. The van der Waals surface area contributed by atoms with E-state index in [9.17, 15) is 0 Å². The Kier molecular flexibility index (Phi) is 3.69. The maximum atomic E-state index is 5.99. The highest BCUT2D eigenvalue weighted by atomic mass is 35.5. The summed E-state index contributed by atoms with van der Waals surface area (Å²) in [6, 6.07) is 8.23. The van der Waals surface area contributed by atoms with Gasteiger partial charge in [0.1, 0.15) is 10.6 Å². The second-order valence-corrected chi connectivity index (χ2v) is 6.23. The lowest BCUT2D eigenvalue weighted by Gasteiger charge is -2.17. The van der Waals surface area contributed by atoms with E-state index in [0.29, 0.717) is 0 Å². The molecule has 1 aromatic carbocycles. The first-order valence-corrected chi connectivity index (χ1v) is 7.76. The van der Waals surface area contributed by atoms with E-state index in [1.165, 1.54) is 11.3 Å². The number of aryl methyl sites for hydroxylation is 1. The van der Waals surface area contributed by atoms with Crippen molar-refractivity contribution in [3.63, 3.8) is 0 Å². The number of hydrogen-bond acceptors (Lipinski definition) is 5. The number of hydrogen-bond donors (Lipinski definition) is 1. The van der Waals surface area contributed by atoms with Crippen molar-refractivity contribution in [2.75, 3.05) is 24.3 Å². The van der Waals surface area contributed by atoms with Gasteiger partial charge in [0.15, 0.2) is 0 Å². The molecule has 2 heterocycles. The molecule has 21 heavy (non-hydrogen) atoms. The Morgan fingerprint density at radius 1 is 1.19 bits per heavy atom. The largest absolute Gasteiger partial charge is 0.377 e. The molecule has 0 saturated carbocycles. The molecule has 6 heteroatoms. The lowest BCUT2D eigenvalue weighted by molar-refractivity contribution is 1.11. The highest BCUT2D eigenvalue weighted by Crippen LogP contribution is 2.30. The molecule has 1 N–H and O–H groups in total. The highest BCUT2D eigenvalue weighted by molar-refractivity contribution is 7.16. The summed E-state index contributed by atoms with van der Waals surface area (Å²) in [6.45, 7) is 2.09. The molecule has 0 aliphatic heterocycles. The quantitative estimate of drug-likeness (QED) is 0.724. The zero-order chi connectivity index (χ0) is 15.0. The summed E-state index contributed by atoms with van der Waals surface area (Å²) in [5, 5.41) is 6.57. The fourth-order valence-corrected chi connectivity index (χ4v) is 3.21. The van der Waals surface area contributed by atoms with E-state index in [4.69, 9.17) is 11.6 Å². The van der Waals surface area contributed by atoms with Crippen LogP contribution in [0.5, 0.6) is 0 Å². The summed E-state index contributed by atoms with van der Waals surface area (Å²) in [4.78, 5) is 11.5. The first-order chi connectivity index (χ1) is 10.0. The Morgan fingerprint density at radius 2 is 2.00 bits per heavy atom. The average molecular weight is 319 g/mol. The van der Waals surface area contributed by atoms with Crippen molar-refractivity contribution in [1.82, 2.24) is 9.97 Å². The maximum Gasteiger partial charge on any atom is 0.225 e. The predicted octanol–water partition coefficient (Wildman–Crippen LogP) is 4.46. The normalized spacial score (nSPS) is 10.9. The summed E-state index contributed by atoms with van der Waals surface area (Å²) in [6.07, 6.45) is 0. The van der Waals surface area contributed by atoms with Crippen LogP contribution in [0.15, 0.2) is 29.6 Å². The minimum atomic E-state index is 0.257. The van der Waals surface area contributed by atoms with Crippen molar-refractivity contribution in [3.8, 4) is 0 Å². The third kappa shape index (κ3) is 2.80. The average Bonchev–Trinajstić information content (AvgIpc) is 2.88. The van der Waals surface area contributed by atoms with Gasteiger partial charge in [-0.2, -0.15) is 4.98 Å². The first kappa shape index (κ1) is 14.1. The lowest BCUT2D eigenvalue weighted by Crippen LogP contribution is -2.10. The molecule has 0 fully saturated rings. The van der Waals surface area contributed by atoms with Gasteiger partial charge in [-0.05, 0) is 47.7 Å². The van der Waals surface area contributed by atoms with Crippen LogP contribution >= 0.6 is 22.9 Å². The van der Waals surface area contributed by atoms with Crippen LogP contribution in [-0.2, 0) is 0 Å². The molecular formula is C15H15ClN4S. The van der Waals surface area contributed by atoms with Crippen molar-refractivity contribution in [2.45, 2.75) is 6.92 Å². The smallest absolute Gasteiger partial charge is 0.225 e. The van der Waals surface area contributed by atoms with Crippen molar-refractivity contribution >= 4 is 50.3 Å². The van der Waals surface area contributed by atoms with Crippen LogP contribution in [0.25, 0.3) is 10.2 Å². The number of rotatable bonds is 3. The molecule has 0 unspecified atom stereocenters. The summed E-state index contributed by atoms with van der Waals surface area (Å²) in [7, 11) is 4.06. The third-order valence-corrected chi connectivity index (χ3v) is 4.23. The van der Waals surface area contributed by atoms with Gasteiger partial charge in [0.2, 0.25) is 5.28 Å². The van der Waals surface area contributed by atoms with E-state index in [1.54, 1.807) is 11.3 Å². The van der Waals surface area contributed by atoms with E-state index < -0.39 is 0 Å². The molecule has 0 aliphatic rings. The SMILES string of the molecule is Cc1ccc(Nc2nc(Cl)nc3sccc23)cc1N(C)C. The summed E-state index contributed by atoms with van der Waals surface area (Å²) in [5.74, 6) is 0.736. The van der Waals surface area contributed by atoms with Crippen molar-refractivity contribution < 1.29 is 0 Å². The lowest BCUT2D eigenvalue weighted by atomic mass is 10.1. The first-order valence-electron chi connectivity index (χ1n) is 6.50. The van der Waals surface area contributed by atoms with Crippen LogP contribution < -0.4 is 10.2 Å². The fourth-order valence-electron chi connectivity index (χ4n) is 2.23. The van der Waals surface area contributed by atoms with Crippen LogP contribution in [0.4, 0.5) is 17.2 Å². The number of nitrogens with one attached hydrogen (secondary N) is 1. The van der Waals surface area contributed by atoms with Crippen LogP contribution in [0, 0.1) is 6.92 Å². The van der Waals surface area contributed by atoms with Gasteiger partial charge in [-0.25, -0.2) is 4.98 Å². The second kappa shape index (κ2) is 5.50. The van der Waals surface area contributed by atoms with E-state index in [2.05, 4.69) is 39.2 Å². The summed E-state index contributed by atoms with van der Waals surface area (Å²) in [5.41, 5.74) is 3.38. The molecule has 3 aromatic rings. The molecule has 0 saturated heterocycles. The standard InChI is InChI=1S/C15H15ClN4S/c1-9-4-5-10(8-12(9)20(2)3)17-13-11-6-7-21-14(11)19-15(16)18-13/h4-8H,1-3H3,(H,17,18,19). The van der Waals surface area contributed by atoms with Gasteiger partial charge in [0, 0.05) is 25.5 Å². The Labute approximate surface area is 132 Å². The number of nitrogens with zero attached hydrogens (tertiary/aromatic N) is 3. The van der Waals surface area contributed by atoms with Gasteiger partial charge in [0.05, 0.1) is 5.39 Å². The van der Waals surface area contributed by atoms with Gasteiger partial charge in [-0.15, -0.1) is 11.3 Å². The molecule has 0 bridgehead atoms. The number of benzene rings is 1. The zero-order valence-electron chi connectivity index (χ0n) is 12.0. The second-order valence-electron chi connectivity index (χ2n) is 5.00. The summed E-state index contributed by atoms with van der Waals surface area (Å²) >= 11 is 7.54. The zero-order valence-corrected chi connectivity index (χ0v) is 13.6.